The Morgan fingerprint density at radius 1 is 1.16 bits per heavy atom. The molecule has 0 bridgehead atoms. The van der Waals surface area contributed by atoms with Gasteiger partial charge >= 0.3 is 0 Å². The number of halogens is 2. The smallest absolute Gasteiger partial charge is 0.257 e. The van der Waals surface area contributed by atoms with Gasteiger partial charge in [-0.05, 0) is 61.2 Å². The van der Waals surface area contributed by atoms with Crippen LogP contribution in [0.3, 0.4) is 0 Å². The lowest BCUT2D eigenvalue weighted by Gasteiger charge is -2.34. The van der Waals surface area contributed by atoms with Gasteiger partial charge in [-0.2, -0.15) is 5.10 Å². The Hall–Kier alpha value is -3.96. The molecule has 0 spiro atoms. The lowest BCUT2D eigenvalue weighted by Crippen LogP contribution is -2.40. The summed E-state index contributed by atoms with van der Waals surface area (Å²) < 4.78 is 32.8. The number of likely N-dealkylation sites (tertiary alicyclic amines) is 1. The van der Waals surface area contributed by atoms with E-state index >= 15 is 4.39 Å². The molecule has 1 amide bonds. The molecular weight excluding hydrogens is 580 g/mol. The number of benzene rings is 2. The van der Waals surface area contributed by atoms with E-state index in [4.69, 9.17) is 5.10 Å². The number of rotatable bonds is 7. The third-order valence-corrected chi connectivity index (χ3v) is 9.91. The van der Waals surface area contributed by atoms with Gasteiger partial charge in [-0.15, -0.1) is 11.3 Å². The Balaban J connectivity index is 1.24. The van der Waals surface area contributed by atoms with E-state index in [-0.39, 0.29) is 24.8 Å². The van der Waals surface area contributed by atoms with Crippen LogP contribution in [0, 0.1) is 13.8 Å². The number of amides is 1. The van der Waals surface area contributed by atoms with Gasteiger partial charge in [0.05, 0.1) is 24.1 Å². The predicted octanol–water partition coefficient (Wildman–Crippen LogP) is 6.24. The molecule has 2 unspecified atom stereocenters. The van der Waals surface area contributed by atoms with Crippen molar-refractivity contribution in [3.63, 3.8) is 0 Å². The average molecular weight is 616 g/mol. The molecule has 0 aliphatic carbocycles. The topological polar surface area (TPSA) is 80.9 Å². The van der Waals surface area contributed by atoms with E-state index in [1.54, 1.807) is 27.2 Å². The summed E-state index contributed by atoms with van der Waals surface area (Å²) in [5.74, 6) is -0.420. The number of fused-ring (bicyclic) bond motifs is 2. The lowest BCUT2D eigenvalue weighted by molar-refractivity contribution is -0.118. The maximum Gasteiger partial charge on any atom is 0.257 e. The number of alkyl halides is 2. The van der Waals surface area contributed by atoms with Crippen molar-refractivity contribution in [1.29, 1.82) is 0 Å². The zero-order chi connectivity index (χ0) is 30.5. The first-order chi connectivity index (χ1) is 21.3. The van der Waals surface area contributed by atoms with Crippen LogP contribution in [-0.4, -0.2) is 67.1 Å². The normalized spacial score (nSPS) is 21.1. The van der Waals surface area contributed by atoms with Crippen molar-refractivity contribution in [1.82, 2.24) is 29.2 Å². The Labute approximate surface area is 258 Å². The van der Waals surface area contributed by atoms with Crippen LogP contribution >= 0.6 is 11.3 Å². The van der Waals surface area contributed by atoms with Crippen LogP contribution in [0.4, 0.5) is 13.9 Å². The number of hydrogen-bond acceptors (Lipinski definition) is 6. The summed E-state index contributed by atoms with van der Waals surface area (Å²) in [5, 5.41) is 11.1. The fourth-order valence-corrected chi connectivity index (χ4v) is 7.34. The standard InChI is InChI=1S/C33H35F2N7OS/c1-4-40-11-9-24(27(35)17-40)21-5-7-22(8-6-21)25-13-19(2)26-16-42(39-29(26)20(25)3)31(32(43)38-33-36-10-12-44-33)30-28-14-23(34)15-41(28)18-37-30/h5-8,10,12-13,16,18,23-24,27,31H,4,9,11,14-15,17H2,1-3H3,(H,36,38,43)/t23?,24-,27+,31?/m1/s1. The van der Waals surface area contributed by atoms with E-state index in [0.717, 1.165) is 58.2 Å². The number of nitrogens with one attached hydrogen (secondary N) is 1. The molecule has 2 aliphatic heterocycles. The van der Waals surface area contributed by atoms with E-state index in [0.29, 0.717) is 23.1 Å². The summed E-state index contributed by atoms with van der Waals surface area (Å²) in [7, 11) is 0. The monoisotopic (exact) mass is 615 g/mol. The minimum Gasteiger partial charge on any atom is -0.331 e. The maximum absolute atomic E-state index is 15.0. The summed E-state index contributed by atoms with van der Waals surface area (Å²) in [6.07, 6.45) is 4.26. The number of anilines is 1. The molecule has 44 heavy (non-hydrogen) atoms. The Bertz CT molecular complexity index is 1810. The van der Waals surface area contributed by atoms with E-state index in [1.165, 1.54) is 11.3 Å². The van der Waals surface area contributed by atoms with Crippen molar-refractivity contribution in [2.75, 3.05) is 25.0 Å². The first kappa shape index (κ1) is 28.8. The third kappa shape index (κ3) is 5.11. The van der Waals surface area contributed by atoms with Gasteiger partial charge in [-0.3, -0.25) is 14.8 Å². The minimum atomic E-state index is -1.01. The number of carbonyl (C=O) groups excluding carboxylic acids is 1. The summed E-state index contributed by atoms with van der Waals surface area (Å²) in [6.45, 7) is 8.66. The van der Waals surface area contributed by atoms with Crippen molar-refractivity contribution in [2.24, 2.45) is 0 Å². The largest absolute Gasteiger partial charge is 0.331 e. The quantitative estimate of drug-likeness (QED) is 0.234. The van der Waals surface area contributed by atoms with Gasteiger partial charge in [-0.1, -0.05) is 37.3 Å². The van der Waals surface area contributed by atoms with Crippen LogP contribution in [0.15, 0.2) is 54.4 Å². The van der Waals surface area contributed by atoms with Gasteiger partial charge < -0.3 is 9.47 Å². The van der Waals surface area contributed by atoms with Gasteiger partial charge in [0.25, 0.3) is 5.91 Å². The first-order valence-electron chi connectivity index (χ1n) is 15.1. The molecule has 5 heterocycles. The Kier molecular flexibility index (Phi) is 7.54. The molecule has 2 aromatic carbocycles. The molecule has 0 radical (unpaired) electrons. The number of hydrogen-bond donors (Lipinski definition) is 1. The summed E-state index contributed by atoms with van der Waals surface area (Å²) in [4.78, 5) is 24.7. The molecule has 4 atom stereocenters. The van der Waals surface area contributed by atoms with Crippen LogP contribution in [0.5, 0.6) is 0 Å². The van der Waals surface area contributed by atoms with Gasteiger partial charge in [0.1, 0.15) is 12.3 Å². The molecule has 228 valence electrons. The average Bonchev–Trinajstić information content (AvgIpc) is 3.82. The molecule has 1 fully saturated rings. The van der Waals surface area contributed by atoms with Crippen LogP contribution < -0.4 is 5.32 Å². The third-order valence-electron chi connectivity index (χ3n) is 9.22. The van der Waals surface area contributed by atoms with E-state index < -0.39 is 18.4 Å². The first-order valence-corrected chi connectivity index (χ1v) is 16.0. The van der Waals surface area contributed by atoms with Gasteiger partial charge in [-0.25, -0.2) is 18.7 Å². The van der Waals surface area contributed by atoms with Gasteiger partial charge in [0.15, 0.2) is 11.2 Å². The number of thiazole rings is 1. The van der Waals surface area contributed by atoms with E-state index in [1.807, 2.05) is 20.0 Å². The van der Waals surface area contributed by atoms with Crippen molar-refractivity contribution in [2.45, 2.75) is 64.5 Å². The highest BCUT2D eigenvalue weighted by atomic mass is 32.1. The molecule has 1 N–H and O–H groups in total. The highest BCUT2D eigenvalue weighted by Gasteiger charge is 2.35. The number of aryl methyl sites for hydroxylation is 2. The number of imidazole rings is 1. The van der Waals surface area contributed by atoms with E-state index in [2.05, 4.69) is 57.4 Å². The molecule has 5 aromatic rings. The van der Waals surface area contributed by atoms with Crippen LogP contribution in [0.1, 0.15) is 53.4 Å². The van der Waals surface area contributed by atoms with Crippen molar-refractivity contribution < 1.29 is 13.6 Å². The van der Waals surface area contributed by atoms with Crippen LogP contribution in [-0.2, 0) is 17.8 Å². The SMILES string of the molecule is CCN1CC[C@H](c2ccc(-c3cc(C)c4cn(C(C(=O)Nc5nccs5)c5ncn6c5CC(F)C6)nc4c3C)cc2)[C@@H](F)C1. The molecule has 2 aliphatic rings. The van der Waals surface area contributed by atoms with Gasteiger partial charge in [0, 0.05) is 47.7 Å². The number of aromatic nitrogens is 5. The minimum absolute atomic E-state index is 0.0857. The molecule has 11 heteroatoms. The highest BCUT2D eigenvalue weighted by molar-refractivity contribution is 7.13. The molecule has 8 nitrogen and oxygen atoms in total. The molecule has 1 saturated heterocycles. The highest BCUT2D eigenvalue weighted by Crippen LogP contribution is 2.36. The van der Waals surface area contributed by atoms with Crippen LogP contribution in [0.25, 0.3) is 22.0 Å². The van der Waals surface area contributed by atoms with Crippen LogP contribution in [0.2, 0.25) is 0 Å². The molecule has 0 saturated carbocycles. The van der Waals surface area contributed by atoms with Crippen molar-refractivity contribution in [3.05, 3.63) is 82.5 Å². The fraction of sp³-hybridized carbons (Fsp3) is 0.394. The zero-order valence-electron chi connectivity index (χ0n) is 25.0. The molecule has 7 rings (SSSR count). The van der Waals surface area contributed by atoms with Crippen molar-refractivity contribution >= 4 is 33.3 Å². The lowest BCUT2D eigenvalue weighted by atomic mass is 9.86. The predicted molar refractivity (Wildman–Crippen MR) is 169 cm³/mol. The number of carbonyl (C=O) groups is 1. The maximum atomic E-state index is 15.0. The Morgan fingerprint density at radius 3 is 2.70 bits per heavy atom. The molecule has 3 aromatic heterocycles. The summed E-state index contributed by atoms with van der Waals surface area (Å²) in [5.41, 5.74) is 7.09. The van der Waals surface area contributed by atoms with E-state index in [9.17, 15) is 9.18 Å². The number of nitrogens with zero attached hydrogens (tertiary/aromatic N) is 6. The van der Waals surface area contributed by atoms with Crippen molar-refractivity contribution in [3.8, 4) is 11.1 Å². The zero-order valence-corrected chi connectivity index (χ0v) is 25.8. The second-order valence-corrected chi connectivity index (χ2v) is 12.8. The fourth-order valence-electron chi connectivity index (χ4n) is 6.81. The Morgan fingerprint density at radius 2 is 1.98 bits per heavy atom. The second kappa shape index (κ2) is 11.5. The number of piperidine rings is 1. The second-order valence-electron chi connectivity index (χ2n) is 11.9. The molecular formula is C33H35F2N7OS. The summed E-state index contributed by atoms with van der Waals surface area (Å²) >= 11 is 1.33. The van der Waals surface area contributed by atoms with Gasteiger partial charge in [0.2, 0.25) is 0 Å². The summed E-state index contributed by atoms with van der Waals surface area (Å²) in [6, 6.07) is 9.51.